The molecule has 0 atom stereocenters. The first-order valence-corrected chi connectivity index (χ1v) is 2.44. The summed E-state index contributed by atoms with van der Waals surface area (Å²) in [6.45, 7) is 3.90. The molecule has 0 rings (SSSR count). The number of aliphatic hydroxyl groups is 2. The third-order valence-corrected chi connectivity index (χ3v) is 0.678. The van der Waals surface area contributed by atoms with Crippen molar-refractivity contribution >= 4 is 0 Å². The summed E-state index contributed by atoms with van der Waals surface area (Å²) in [4.78, 5) is 0. The summed E-state index contributed by atoms with van der Waals surface area (Å²) in [6.07, 6.45) is 0. The van der Waals surface area contributed by atoms with Crippen LogP contribution in [0.4, 0.5) is 0 Å². The molecule has 0 aliphatic carbocycles. The maximum Gasteiger partial charge on any atom is 0.0821 e. The molecule has 0 aromatic heterocycles. The van der Waals surface area contributed by atoms with E-state index >= 15 is 0 Å². The summed E-state index contributed by atoms with van der Waals surface area (Å²) in [6, 6.07) is 0. The summed E-state index contributed by atoms with van der Waals surface area (Å²) < 4.78 is 0. The SMILES string of the molecule is C=C(CO)NCCO. The van der Waals surface area contributed by atoms with Crippen LogP contribution in [-0.4, -0.2) is 30.0 Å². The molecule has 8 heavy (non-hydrogen) atoms. The van der Waals surface area contributed by atoms with Crippen molar-refractivity contribution in [2.24, 2.45) is 0 Å². The minimum Gasteiger partial charge on any atom is -0.395 e. The number of nitrogens with one attached hydrogen (secondary N) is 1. The quantitative estimate of drug-likeness (QED) is 0.446. The smallest absolute Gasteiger partial charge is 0.0821 e. The van der Waals surface area contributed by atoms with Crippen LogP contribution in [0.3, 0.4) is 0 Å². The predicted molar refractivity (Wildman–Crippen MR) is 31.3 cm³/mol. The lowest BCUT2D eigenvalue weighted by molar-refractivity contribution is 0.285. The Hall–Kier alpha value is -0.540. The van der Waals surface area contributed by atoms with Crippen LogP contribution in [0.5, 0.6) is 0 Å². The molecule has 0 bridgehead atoms. The van der Waals surface area contributed by atoms with E-state index in [0.29, 0.717) is 12.2 Å². The molecule has 0 aromatic rings. The summed E-state index contributed by atoms with van der Waals surface area (Å²) in [5.41, 5.74) is 0.541. The summed E-state index contributed by atoms with van der Waals surface area (Å²) in [5, 5.41) is 19.2. The van der Waals surface area contributed by atoms with Crippen molar-refractivity contribution < 1.29 is 10.2 Å². The average Bonchev–Trinajstić information content (AvgIpc) is 1.83. The van der Waals surface area contributed by atoms with Gasteiger partial charge in [0, 0.05) is 12.2 Å². The van der Waals surface area contributed by atoms with Gasteiger partial charge in [0.05, 0.1) is 13.2 Å². The van der Waals surface area contributed by atoms with E-state index in [9.17, 15) is 0 Å². The van der Waals surface area contributed by atoms with E-state index in [0.717, 1.165) is 0 Å². The highest BCUT2D eigenvalue weighted by atomic mass is 16.3. The highest BCUT2D eigenvalue weighted by molar-refractivity contribution is 4.89. The molecule has 0 radical (unpaired) electrons. The molecule has 0 aromatic carbocycles. The second-order valence-corrected chi connectivity index (χ2v) is 1.41. The Morgan fingerprint density at radius 1 is 1.50 bits per heavy atom. The van der Waals surface area contributed by atoms with Crippen molar-refractivity contribution in [3.05, 3.63) is 12.3 Å². The Morgan fingerprint density at radius 2 is 2.12 bits per heavy atom. The number of hydrogen-bond donors (Lipinski definition) is 3. The van der Waals surface area contributed by atoms with Crippen molar-refractivity contribution in [1.82, 2.24) is 5.32 Å². The van der Waals surface area contributed by atoms with Crippen molar-refractivity contribution in [2.75, 3.05) is 19.8 Å². The third-order valence-electron chi connectivity index (χ3n) is 0.678. The van der Waals surface area contributed by atoms with Crippen LogP contribution >= 0.6 is 0 Å². The third kappa shape index (κ3) is 3.64. The molecule has 3 heteroatoms. The number of rotatable bonds is 4. The molecule has 0 unspecified atom stereocenters. The fraction of sp³-hybridized carbons (Fsp3) is 0.600. The van der Waals surface area contributed by atoms with Gasteiger partial charge in [-0.1, -0.05) is 6.58 Å². The van der Waals surface area contributed by atoms with Gasteiger partial charge in [0.15, 0.2) is 0 Å². The van der Waals surface area contributed by atoms with E-state index in [2.05, 4.69) is 11.9 Å². The average molecular weight is 117 g/mol. The Balaban J connectivity index is 2.99. The number of hydrogen-bond acceptors (Lipinski definition) is 3. The van der Waals surface area contributed by atoms with Crippen molar-refractivity contribution in [3.8, 4) is 0 Å². The van der Waals surface area contributed by atoms with Gasteiger partial charge in [0.2, 0.25) is 0 Å². The lowest BCUT2D eigenvalue weighted by Gasteiger charge is -2.01. The van der Waals surface area contributed by atoms with Gasteiger partial charge in [0.1, 0.15) is 0 Å². The summed E-state index contributed by atoms with van der Waals surface area (Å²) in [7, 11) is 0. The van der Waals surface area contributed by atoms with Gasteiger partial charge in [-0.2, -0.15) is 0 Å². The summed E-state index contributed by atoms with van der Waals surface area (Å²) in [5.74, 6) is 0. The monoisotopic (exact) mass is 117 g/mol. The van der Waals surface area contributed by atoms with E-state index in [4.69, 9.17) is 10.2 Å². The van der Waals surface area contributed by atoms with Crippen molar-refractivity contribution in [3.63, 3.8) is 0 Å². The van der Waals surface area contributed by atoms with E-state index < -0.39 is 0 Å². The van der Waals surface area contributed by atoms with E-state index in [1.165, 1.54) is 0 Å². The predicted octanol–water partition coefficient (Wildman–Crippen LogP) is -0.926. The fourth-order valence-electron chi connectivity index (χ4n) is 0.289. The van der Waals surface area contributed by atoms with Crippen LogP contribution in [0.2, 0.25) is 0 Å². The molecule has 0 saturated carbocycles. The molecule has 0 heterocycles. The molecule has 0 fully saturated rings. The molecule has 0 spiro atoms. The second-order valence-electron chi connectivity index (χ2n) is 1.41. The Bertz CT molecular complexity index is 72.8. The zero-order chi connectivity index (χ0) is 6.41. The van der Waals surface area contributed by atoms with Crippen LogP contribution in [-0.2, 0) is 0 Å². The molecule has 48 valence electrons. The molecular weight excluding hydrogens is 106 g/mol. The van der Waals surface area contributed by atoms with Gasteiger partial charge in [-0.3, -0.25) is 0 Å². The van der Waals surface area contributed by atoms with Gasteiger partial charge >= 0.3 is 0 Å². The largest absolute Gasteiger partial charge is 0.395 e. The second kappa shape index (κ2) is 4.61. The van der Waals surface area contributed by atoms with E-state index in [1.54, 1.807) is 0 Å². The van der Waals surface area contributed by atoms with Gasteiger partial charge in [-0.15, -0.1) is 0 Å². The fourth-order valence-corrected chi connectivity index (χ4v) is 0.289. The molecule has 0 aliphatic heterocycles. The first-order chi connectivity index (χ1) is 3.81. The molecule has 3 N–H and O–H groups in total. The Morgan fingerprint density at radius 3 is 2.50 bits per heavy atom. The molecular formula is C5H11NO2. The molecule has 0 saturated heterocycles. The van der Waals surface area contributed by atoms with Gasteiger partial charge < -0.3 is 15.5 Å². The molecule has 3 nitrogen and oxygen atoms in total. The zero-order valence-electron chi connectivity index (χ0n) is 4.72. The van der Waals surface area contributed by atoms with Gasteiger partial charge in [-0.25, -0.2) is 0 Å². The van der Waals surface area contributed by atoms with Crippen LogP contribution in [0, 0.1) is 0 Å². The van der Waals surface area contributed by atoms with E-state index in [-0.39, 0.29) is 13.2 Å². The zero-order valence-corrected chi connectivity index (χ0v) is 4.72. The van der Waals surface area contributed by atoms with Crippen LogP contribution in [0.15, 0.2) is 12.3 Å². The maximum atomic E-state index is 8.32. The van der Waals surface area contributed by atoms with Crippen LogP contribution in [0.25, 0.3) is 0 Å². The van der Waals surface area contributed by atoms with Crippen molar-refractivity contribution in [2.45, 2.75) is 0 Å². The van der Waals surface area contributed by atoms with E-state index in [1.807, 2.05) is 0 Å². The van der Waals surface area contributed by atoms with Gasteiger partial charge in [0.25, 0.3) is 0 Å². The minimum atomic E-state index is -0.0694. The summed E-state index contributed by atoms with van der Waals surface area (Å²) >= 11 is 0. The van der Waals surface area contributed by atoms with Crippen molar-refractivity contribution in [1.29, 1.82) is 0 Å². The lowest BCUT2D eigenvalue weighted by Crippen LogP contribution is -2.18. The molecule has 0 aliphatic rings. The van der Waals surface area contributed by atoms with Crippen LogP contribution < -0.4 is 5.32 Å². The first kappa shape index (κ1) is 7.46. The first-order valence-electron chi connectivity index (χ1n) is 2.44. The topological polar surface area (TPSA) is 52.5 Å². The van der Waals surface area contributed by atoms with Gasteiger partial charge in [-0.05, 0) is 0 Å². The molecule has 0 amide bonds. The Kier molecular flexibility index (Phi) is 4.30. The van der Waals surface area contributed by atoms with Crippen LogP contribution in [0.1, 0.15) is 0 Å². The highest BCUT2D eigenvalue weighted by Crippen LogP contribution is 1.75. The standard InChI is InChI=1S/C5H11NO2/c1-5(4-8)6-2-3-7/h6-8H,1-4H2. The minimum absolute atomic E-state index is 0.0685. The lowest BCUT2D eigenvalue weighted by atomic mass is 10.5. The maximum absolute atomic E-state index is 8.32. The number of aliphatic hydroxyl groups excluding tert-OH is 2. The Labute approximate surface area is 48.6 Å². The normalized spacial score (nSPS) is 8.75. The highest BCUT2D eigenvalue weighted by Gasteiger charge is 1.84.